The van der Waals surface area contributed by atoms with Gasteiger partial charge in [-0.25, -0.2) is 9.59 Å². The highest BCUT2D eigenvalue weighted by atomic mass is 16.5. The smallest absolute Gasteiger partial charge is 0.411 e. The number of carbonyl (C=O) groups is 2. The Morgan fingerprint density at radius 1 is 1.10 bits per heavy atom. The largest absolute Gasteiger partial charge is 0.478 e. The van der Waals surface area contributed by atoms with E-state index >= 15 is 0 Å². The van der Waals surface area contributed by atoms with Gasteiger partial charge in [-0.05, 0) is 31.4 Å². The van der Waals surface area contributed by atoms with Crippen LogP contribution in [0.4, 0.5) is 10.5 Å². The molecule has 1 aromatic rings. The lowest BCUT2D eigenvalue weighted by molar-refractivity contribution is -0.131. The molecule has 0 bridgehead atoms. The first-order valence-corrected chi connectivity index (χ1v) is 7.07. The van der Waals surface area contributed by atoms with E-state index in [1.807, 2.05) is 18.2 Å². The number of unbranched alkanes of at least 4 members (excludes halogenated alkanes) is 4. The molecule has 0 fully saturated rings. The third-order valence-corrected chi connectivity index (χ3v) is 2.78. The van der Waals surface area contributed by atoms with Gasteiger partial charge in [-0.15, -0.1) is 0 Å². The Hall–Kier alpha value is -2.30. The van der Waals surface area contributed by atoms with Crippen LogP contribution in [0, 0.1) is 0 Å². The molecule has 114 valence electrons. The highest BCUT2D eigenvalue weighted by Gasteiger charge is 2.01. The number of para-hydroxylation sites is 1. The summed E-state index contributed by atoms with van der Waals surface area (Å²) in [4.78, 5) is 21.7. The van der Waals surface area contributed by atoms with Crippen LogP contribution in [0.15, 0.2) is 42.5 Å². The molecular formula is C16H21NO4. The highest BCUT2D eigenvalue weighted by Crippen LogP contribution is 2.07. The van der Waals surface area contributed by atoms with Gasteiger partial charge in [0.2, 0.25) is 0 Å². The molecule has 0 saturated heterocycles. The lowest BCUT2D eigenvalue weighted by atomic mass is 10.1. The fourth-order valence-corrected chi connectivity index (χ4v) is 1.74. The summed E-state index contributed by atoms with van der Waals surface area (Å²) in [5, 5.41) is 11.0. The van der Waals surface area contributed by atoms with Crippen LogP contribution in [-0.2, 0) is 9.53 Å². The summed E-state index contributed by atoms with van der Waals surface area (Å²) >= 11 is 0. The molecule has 0 aromatic heterocycles. The number of carbonyl (C=O) groups excluding carboxylic acids is 1. The molecule has 2 N–H and O–H groups in total. The van der Waals surface area contributed by atoms with Crippen LogP contribution in [0.3, 0.4) is 0 Å². The number of amides is 1. The SMILES string of the molecule is O=C(O)/C=C/CCCCCCOC(=O)Nc1ccccc1. The monoisotopic (exact) mass is 291 g/mol. The summed E-state index contributed by atoms with van der Waals surface area (Å²) in [6.07, 6.45) is 6.86. The second kappa shape index (κ2) is 10.5. The van der Waals surface area contributed by atoms with Crippen LogP contribution in [0.1, 0.15) is 32.1 Å². The zero-order chi connectivity index (χ0) is 15.3. The molecule has 0 saturated carbocycles. The Kier molecular flexibility index (Phi) is 8.36. The van der Waals surface area contributed by atoms with Crippen LogP contribution >= 0.6 is 0 Å². The number of aliphatic carboxylic acids is 1. The van der Waals surface area contributed by atoms with Gasteiger partial charge in [-0.2, -0.15) is 0 Å². The predicted octanol–water partition coefficient (Wildman–Crippen LogP) is 3.83. The van der Waals surface area contributed by atoms with Crippen molar-refractivity contribution in [2.45, 2.75) is 32.1 Å². The third kappa shape index (κ3) is 9.27. The quantitative estimate of drug-likeness (QED) is 0.535. The average Bonchev–Trinajstić information content (AvgIpc) is 2.46. The van der Waals surface area contributed by atoms with Crippen molar-refractivity contribution in [3.63, 3.8) is 0 Å². The van der Waals surface area contributed by atoms with Gasteiger partial charge in [0.15, 0.2) is 0 Å². The molecule has 0 radical (unpaired) electrons. The number of hydrogen-bond acceptors (Lipinski definition) is 3. The Labute approximate surface area is 124 Å². The molecule has 0 aliphatic carbocycles. The van der Waals surface area contributed by atoms with Crippen LogP contribution in [-0.4, -0.2) is 23.8 Å². The number of carboxylic acids is 1. The molecule has 1 rings (SSSR count). The van der Waals surface area contributed by atoms with Crippen molar-refractivity contribution in [1.82, 2.24) is 0 Å². The van der Waals surface area contributed by atoms with Gasteiger partial charge >= 0.3 is 12.1 Å². The number of rotatable bonds is 9. The summed E-state index contributed by atoms with van der Waals surface area (Å²) in [6.45, 7) is 0.392. The number of allylic oxidation sites excluding steroid dienone is 1. The second-order valence-electron chi connectivity index (χ2n) is 4.57. The minimum atomic E-state index is -0.909. The van der Waals surface area contributed by atoms with Gasteiger partial charge in [-0.1, -0.05) is 37.1 Å². The lowest BCUT2D eigenvalue weighted by Gasteiger charge is -2.06. The van der Waals surface area contributed by atoms with Gasteiger partial charge in [0.25, 0.3) is 0 Å². The fraction of sp³-hybridized carbons (Fsp3) is 0.375. The molecule has 0 spiro atoms. The molecule has 5 nitrogen and oxygen atoms in total. The Balaban J connectivity index is 1.97. The maximum Gasteiger partial charge on any atom is 0.411 e. The molecule has 21 heavy (non-hydrogen) atoms. The number of anilines is 1. The topological polar surface area (TPSA) is 75.6 Å². The van der Waals surface area contributed by atoms with E-state index in [9.17, 15) is 9.59 Å². The summed E-state index contributed by atoms with van der Waals surface area (Å²) in [5.74, 6) is -0.909. The molecule has 1 aromatic carbocycles. The van der Waals surface area contributed by atoms with E-state index in [4.69, 9.17) is 9.84 Å². The Morgan fingerprint density at radius 2 is 1.81 bits per heavy atom. The number of benzene rings is 1. The van der Waals surface area contributed by atoms with E-state index in [1.54, 1.807) is 18.2 Å². The summed E-state index contributed by atoms with van der Waals surface area (Å²) in [5.41, 5.74) is 0.715. The average molecular weight is 291 g/mol. The van der Waals surface area contributed by atoms with E-state index in [0.717, 1.165) is 38.2 Å². The van der Waals surface area contributed by atoms with E-state index in [-0.39, 0.29) is 0 Å². The molecule has 0 atom stereocenters. The van der Waals surface area contributed by atoms with Gasteiger partial charge in [0.05, 0.1) is 6.61 Å². The van der Waals surface area contributed by atoms with Gasteiger partial charge in [0.1, 0.15) is 0 Å². The van der Waals surface area contributed by atoms with Crippen molar-refractivity contribution in [2.75, 3.05) is 11.9 Å². The maximum atomic E-state index is 11.5. The Bertz CT molecular complexity index is 457. The summed E-state index contributed by atoms with van der Waals surface area (Å²) in [7, 11) is 0. The minimum absolute atomic E-state index is 0.392. The van der Waals surface area contributed by atoms with Gasteiger partial charge in [-0.3, -0.25) is 5.32 Å². The van der Waals surface area contributed by atoms with Gasteiger partial charge in [0, 0.05) is 11.8 Å². The molecule has 0 aliphatic rings. The first-order chi connectivity index (χ1) is 10.2. The van der Waals surface area contributed by atoms with Crippen molar-refractivity contribution in [3.05, 3.63) is 42.5 Å². The molecular weight excluding hydrogens is 270 g/mol. The van der Waals surface area contributed by atoms with Crippen LogP contribution in [0.5, 0.6) is 0 Å². The van der Waals surface area contributed by atoms with Crippen LogP contribution in [0.25, 0.3) is 0 Å². The zero-order valence-electron chi connectivity index (χ0n) is 12.0. The van der Waals surface area contributed by atoms with Crippen molar-refractivity contribution in [2.24, 2.45) is 0 Å². The van der Waals surface area contributed by atoms with Crippen LogP contribution in [0.2, 0.25) is 0 Å². The predicted molar refractivity (Wildman–Crippen MR) is 81.3 cm³/mol. The molecule has 1 amide bonds. The number of nitrogens with one attached hydrogen (secondary N) is 1. The molecule has 0 aliphatic heterocycles. The third-order valence-electron chi connectivity index (χ3n) is 2.78. The Morgan fingerprint density at radius 3 is 2.52 bits per heavy atom. The summed E-state index contributed by atoms with van der Waals surface area (Å²) in [6, 6.07) is 9.16. The molecule has 0 unspecified atom stereocenters. The lowest BCUT2D eigenvalue weighted by Crippen LogP contribution is -2.14. The second-order valence-corrected chi connectivity index (χ2v) is 4.57. The first kappa shape index (κ1) is 16.8. The van der Waals surface area contributed by atoms with Crippen molar-refractivity contribution >= 4 is 17.7 Å². The van der Waals surface area contributed by atoms with E-state index in [1.165, 1.54) is 0 Å². The van der Waals surface area contributed by atoms with Crippen molar-refractivity contribution in [1.29, 1.82) is 0 Å². The maximum absolute atomic E-state index is 11.5. The number of hydrogen-bond donors (Lipinski definition) is 2. The molecule has 0 heterocycles. The zero-order valence-corrected chi connectivity index (χ0v) is 12.0. The number of carboxylic acid groups (broad SMARTS) is 1. The van der Waals surface area contributed by atoms with Crippen molar-refractivity contribution in [3.8, 4) is 0 Å². The normalized spacial score (nSPS) is 10.5. The van der Waals surface area contributed by atoms with E-state index < -0.39 is 12.1 Å². The van der Waals surface area contributed by atoms with Crippen LogP contribution < -0.4 is 5.32 Å². The highest BCUT2D eigenvalue weighted by molar-refractivity contribution is 5.84. The first-order valence-electron chi connectivity index (χ1n) is 7.07. The van der Waals surface area contributed by atoms with Gasteiger partial charge < -0.3 is 9.84 Å². The van der Waals surface area contributed by atoms with Crippen molar-refractivity contribution < 1.29 is 19.4 Å². The van der Waals surface area contributed by atoms with E-state index in [2.05, 4.69) is 5.32 Å². The summed E-state index contributed by atoms with van der Waals surface area (Å²) < 4.78 is 5.06. The van der Waals surface area contributed by atoms with E-state index in [0.29, 0.717) is 12.3 Å². The number of ether oxygens (including phenoxy) is 1. The molecule has 5 heteroatoms. The standard InChI is InChI=1S/C16H21NO4/c18-15(19)12-8-3-1-2-4-9-13-21-16(20)17-14-10-6-5-7-11-14/h5-8,10-12H,1-4,9,13H2,(H,17,20)(H,18,19)/b12-8+. The minimum Gasteiger partial charge on any atom is -0.478 e. The fourth-order valence-electron chi connectivity index (χ4n) is 1.74.